The summed E-state index contributed by atoms with van der Waals surface area (Å²) in [5.74, 6) is -0.147. The number of nitrogens with zero attached hydrogens (tertiary/aromatic N) is 3. The van der Waals surface area contributed by atoms with Gasteiger partial charge in [-0.25, -0.2) is 4.79 Å². The maximum absolute atomic E-state index is 12.1. The molecular weight excluding hydrogens is 332 g/mol. The lowest BCUT2D eigenvalue weighted by atomic mass is 10.2. The highest BCUT2D eigenvalue weighted by molar-refractivity contribution is 7.16. The monoisotopic (exact) mass is 350 g/mol. The fourth-order valence-corrected chi connectivity index (χ4v) is 3.59. The van der Waals surface area contributed by atoms with Crippen molar-refractivity contribution in [2.24, 2.45) is 12.2 Å². The molecule has 0 bridgehead atoms. The number of hydrogen-bond acceptors (Lipinski definition) is 6. The summed E-state index contributed by atoms with van der Waals surface area (Å²) in [6.07, 6.45) is -0.761. The quantitative estimate of drug-likeness (QED) is 0.839. The molecule has 0 aliphatic carbocycles. The van der Waals surface area contributed by atoms with Crippen LogP contribution in [0.5, 0.6) is 0 Å². The molecule has 1 aliphatic rings. The predicted octanol–water partition coefficient (Wildman–Crippen LogP) is 1.16. The first kappa shape index (κ1) is 16.3. The third kappa shape index (κ3) is 3.07. The molecule has 3 rings (SSSR count). The molecule has 1 aliphatic heterocycles. The second-order valence-corrected chi connectivity index (χ2v) is 6.43. The van der Waals surface area contributed by atoms with Crippen LogP contribution in [-0.2, 0) is 21.4 Å². The van der Waals surface area contributed by atoms with Crippen LogP contribution in [0.3, 0.4) is 0 Å². The molecule has 1 aromatic carbocycles. The topological polar surface area (TPSA) is 85.2 Å². The molecule has 1 aromatic heterocycles. The maximum Gasteiger partial charge on any atom is 0.414 e. The Bertz CT molecular complexity index is 857. The predicted molar refractivity (Wildman–Crippen MR) is 89.7 cm³/mol. The van der Waals surface area contributed by atoms with E-state index in [4.69, 9.17) is 9.57 Å². The Labute approximate surface area is 142 Å². The van der Waals surface area contributed by atoms with Crippen molar-refractivity contribution in [1.82, 2.24) is 9.88 Å². The Kier molecular flexibility index (Phi) is 4.43. The van der Waals surface area contributed by atoms with Crippen molar-refractivity contribution in [3.8, 4) is 0 Å². The first-order valence-electron chi connectivity index (χ1n) is 7.39. The molecule has 24 heavy (non-hydrogen) atoms. The molecule has 0 radical (unpaired) electrons. The van der Waals surface area contributed by atoms with E-state index in [1.165, 1.54) is 25.4 Å². The van der Waals surface area contributed by atoms with Gasteiger partial charge in [0, 0.05) is 19.7 Å². The molecule has 2 aromatic rings. The smallest absolute Gasteiger partial charge is 0.414 e. The number of nitrogens with one attached hydrogen (secondary N) is 1. The van der Waals surface area contributed by atoms with Crippen molar-refractivity contribution >= 4 is 39.2 Å². The Morgan fingerprint density at radius 2 is 2.33 bits per heavy atom. The van der Waals surface area contributed by atoms with E-state index in [1.807, 2.05) is 29.8 Å². The number of aromatic nitrogens is 1. The highest BCUT2D eigenvalue weighted by Gasteiger charge is 2.32. The molecule has 2 heterocycles. The first-order valence-corrected chi connectivity index (χ1v) is 8.20. The van der Waals surface area contributed by atoms with Gasteiger partial charge in [0.1, 0.15) is 13.2 Å². The molecule has 0 saturated carbocycles. The normalized spacial score (nSPS) is 18.1. The summed E-state index contributed by atoms with van der Waals surface area (Å²) in [6.45, 7) is 2.14. The molecule has 1 fully saturated rings. The third-order valence-electron chi connectivity index (χ3n) is 3.73. The van der Waals surface area contributed by atoms with Crippen LogP contribution >= 0.6 is 11.3 Å². The first-order chi connectivity index (χ1) is 11.5. The summed E-state index contributed by atoms with van der Waals surface area (Å²) >= 11 is 1.47. The molecule has 0 spiro atoms. The summed E-state index contributed by atoms with van der Waals surface area (Å²) in [7, 11) is 3.41. The van der Waals surface area contributed by atoms with E-state index in [-0.39, 0.29) is 12.0 Å². The second kappa shape index (κ2) is 6.52. The lowest BCUT2D eigenvalue weighted by Crippen LogP contribution is -2.33. The van der Waals surface area contributed by atoms with Crippen LogP contribution in [0, 0.1) is 0 Å². The average molecular weight is 350 g/mol. The van der Waals surface area contributed by atoms with E-state index in [1.54, 1.807) is 4.90 Å². The van der Waals surface area contributed by atoms with E-state index < -0.39 is 6.09 Å². The maximum atomic E-state index is 12.1. The minimum Gasteiger partial charge on any atom is -0.442 e. The number of rotatable bonds is 4. The van der Waals surface area contributed by atoms with Crippen molar-refractivity contribution in [2.75, 3.05) is 25.1 Å². The largest absolute Gasteiger partial charge is 0.442 e. The van der Waals surface area contributed by atoms with Crippen LogP contribution in [0.1, 0.15) is 6.92 Å². The number of fused-ring (bicyclic) bond motifs is 1. The zero-order chi connectivity index (χ0) is 17.3. The van der Waals surface area contributed by atoms with Crippen molar-refractivity contribution in [3.05, 3.63) is 23.0 Å². The fourth-order valence-electron chi connectivity index (χ4n) is 2.55. The van der Waals surface area contributed by atoms with Gasteiger partial charge in [-0.1, -0.05) is 16.5 Å². The number of carbonyl (C=O) groups is 2. The van der Waals surface area contributed by atoms with Gasteiger partial charge in [-0.3, -0.25) is 9.69 Å². The summed E-state index contributed by atoms with van der Waals surface area (Å²) in [6, 6.07) is 5.73. The number of anilines is 1. The summed E-state index contributed by atoms with van der Waals surface area (Å²) in [5.41, 5.74) is 1.76. The number of benzene rings is 1. The summed E-state index contributed by atoms with van der Waals surface area (Å²) in [4.78, 5) is 30.2. The molecule has 9 heteroatoms. The van der Waals surface area contributed by atoms with E-state index in [2.05, 4.69) is 10.5 Å². The molecule has 1 atom stereocenters. The second-order valence-electron chi connectivity index (χ2n) is 5.42. The molecule has 1 saturated heterocycles. The number of cyclic esters (lactones) is 1. The van der Waals surface area contributed by atoms with Gasteiger partial charge in [0.15, 0.2) is 0 Å². The van der Waals surface area contributed by atoms with Gasteiger partial charge in [0.25, 0.3) is 0 Å². The van der Waals surface area contributed by atoms with E-state index in [0.29, 0.717) is 13.1 Å². The molecular formula is C15H18N4O4S. The number of hydrogen-bond donors (Lipinski definition) is 1. The zero-order valence-electron chi connectivity index (χ0n) is 13.6. The van der Waals surface area contributed by atoms with E-state index in [0.717, 1.165) is 20.7 Å². The van der Waals surface area contributed by atoms with Crippen LogP contribution in [0.4, 0.5) is 10.5 Å². The van der Waals surface area contributed by atoms with Crippen molar-refractivity contribution in [3.63, 3.8) is 0 Å². The minimum atomic E-state index is -0.410. The van der Waals surface area contributed by atoms with Crippen molar-refractivity contribution < 1.29 is 19.2 Å². The Balaban J connectivity index is 1.86. The highest BCUT2D eigenvalue weighted by atomic mass is 32.1. The lowest BCUT2D eigenvalue weighted by Gasteiger charge is -2.13. The number of thiazole rings is 1. The van der Waals surface area contributed by atoms with Gasteiger partial charge >= 0.3 is 6.09 Å². The van der Waals surface area contributed by atoms with Crippen LogP contribution in [0.25, 0.3) is 10.2 Å². The molecule has 1 N–H and O–H groups in total. The van der Waals surface area contributed by atoms with Crippen LogP contribution in [-0.4, -0.2) is 42.9 Å². The number of amides is 2. The molecule has 8 nitrogen and oxygen atoms in total. The van der Waals surface area contributed by atoms with Crippen LogP contribution < -0.4 is 15.0 Å². The average Bonchev–Trinajstić information content (AvgIpc) is 3.06. The van der Waals surface area contributed by atoms with Crippen molar-refractivity contribution in [1.29, 1.82) is 0 Å². The highest BCUT2D eigenvalue weighted by Crippen LogP contribution is 2.27. The number of aryl methyl sites for hydroxylation is 1. The van der Waals surface area contributed by atoms with Gasteiger partial charge in [-0.2, -0.15) is 0 Å². The molecule has 2 amide bonds. The third-order valence-corrected chi connectivity index (χ3v) is 4.80. The standard InChI is InChI=1S/C15H18N4O4S/c1-9(20)16-7-11-8-19(15(21)23-11)10-4-5-12-13(6-10)24-14(17-22-3)18(12)2/h4-6,11H,7-8H2,1-3H3,(H,16,20)/t11-/m0/s1. The Hall–Kier alpha value is -2.55. The van der Waals surface area contributed by atoms with E-state index in [9.17, 15) is 9.59 Å². The van der Waals surface area contributed by atoms with Crippen LogP contribution in [0.2, 0.25) is 0 Å². The fraction of sp³-hybridized carbons (Fsp3) is 0.400. The lowest BCUT2D eigenvalue weighted by molar-refractivity contribution is -0.119. The number of ether oxygens (including phenoxy) is 1. The van der Waals surface area contributed by atoms with Gasteiger partial charge in [0.05, 0.1) is 23.3 Å². The Morgan fingerprint density at radius 1 is 1.54 bits per heavy atom. The Morgan fingerprint density at radius 3 is 3.04 bits per heavy atom. The van der Waals surface area contributed by atoms with Gasteiger partial charge in [-0.05, 0) is 18.2 Å². The van der Waals surface area contributed by atoms with Gasteiger partial charge in [0.2, 0.25) is 10.7 Å². The van der Waals surface area contributed by atoms with Gasteiger partial charge < -0.3 is 19.5 Å². The minimum absolute atomic E-state index is 0.147. The molecule has 0 unspecified atom stereocenters. The van der Waals surface area contributed by atoms with Gasteiger partial charge in [-0.15, -0.1) is 0 Å². The van der Waals surface area contributed by atoms with E-state index >= 15 is 0 Å². The van der Waals surface area contributed by atoms with Crippen molar-refractivity contribution in [2.45, 2.75) is 13.0 Å². The summed E-state index contributed by atoms with van der Waals surface area (Å²) in [5, 5.41) is 6.64. The SMILES string of the molecule is CON=c1sc2cc(N3C[C@H](CNC(C)=O)OC3=O)ccc2n1C. The van der Waals surface area contributed by atoms with Crippen LogP contribution in [0.15, 0.2) is 23.4 Å². The number of carbonyl (C=O) groups excluding carboxylic acids is 2. The zero-order valence-corrected chi connectivity index (χ0v) is 14.4. The molecule has 128 valence electrons. The summed E-state index contributed by atoms with van der Waals surface area (Å²) < 4.78 is 8.21.